The van der Waals surface area contributed by atoms with Gasteiger partial charge in [0, 0.05) is 30.8 Å². The van der Waals surface area contributed by atoms with Crippen LogP contribution in [0.3, 0.4) is 0 Å². The van der Waals surface area contributed by atoms with Gasteiger partial charge in [-0.3, -0.25) is 4.79 Å². The average Bonchev–Trinajstić information content (AvgIpc) is 3.84. The van der Waals surface area contributed by atoms with E-state index in [4.69, 9.17) is 14.2 Å². The summed E-state index contributed by atoms with van der Waals surface area (Å²) in [6, 6.07) is 24.4. The Morgan fingerprint density at radius 1 is 0.857 bits per heavy atom. The number of ether oxygens (including phenoxy) is 3. The molecule has 0 N–H and O–H groups in total. The van der Waals surface area contributed by atoms with Crippen molar-refractivity contribution in [3.05, 3.63) is 89.5 Å². The van der Waals surface area contributed by atoms with Crippen LogP contribution in [0.1, 0.15) is 51.2 Å². The highest BCUT2D eigenvalue weighted by molar-refractivity contribution is 6.03. The molecule has 0 bridgehead atoms. The van der Waals surface area contributed by atoms with Gasteiger partial charge in [-0.15, -0.1) is 0 Å². The molecule has 0 radical (unpaired) electrons. The zero-order valence-electron chi connectivity index (χ0n) is 25.2. The average molecular weight is 569 g/mol. The van der Waals surface area contributed by atoms with Crippen LogP contribution in [0.2, 0.25) is 0 Å². The predicted molar refractivity (Wildman–Crippen MR) is 164 cm³/mol. The first-order chi connectivity index (χ1) is 20.1. The molecule has 1 heterocycles. The quantitative estimate of drug-likeness (QED) is 0.294. The maximum absolute atomic E-state index is 14.5. The van der Waals surface area contributed by atoms with Crippen molar-refractivity contribution < 1.29 is 23.8 Å². The molecular formula is C35H40N2O5. The lowest BCUT2D eigenvalue weighted by molar-refractivity contribution is -0.128. The molecule has 220 valence electrons. The summed E-state index contributed by atoms with van der Waals surface area (Å²) in [6.45, 7) is 6.66. The van der Waals surface area contributed by atoms with Crippen LogP contribution >= 0.6 is 0 Å². The largest absolute Gasteiger partial charge is 0.497 e. The minimum absolute atomic E-state index is 0.0485. The summed E-state index contributed by atoms with van der Waals surface area (Å²) in [5.74, 6) is 1.31. The summed E-state index contributed by atoms with van der Waals surface area (Å²) in [7, 11) is 3.24. The molecule has 1 fully saturated rings. The first-order valence-corrected chi connectivity index (χ1v) is 14.5. The van der Waals surface area contributed by atoms with Crippen molar-refractivity contribution in [2.45, 2.75) is 58.2 Å². The van der Waals surface area contributed by atoms with E-state index in [-0.39, 0.29) is 18.5 Å². The first kappa shape index (κ1) is 29.2. The van der Waals surface area contributed by atoms with E-state index in [9.17, 15) is 9.59 Å². The Bertz CT molecular complexity index is 1450. The molecule has 0 atom stereocenters. The molecule has 2 amide bonds. The molecule has 1 aliphatic carbocycles. The Balaban J connectivity index is 1.53. The molecule has 0 unspecified atom stereocenters. The van der Waals surface area contributed by atoms with Gasteiger partial charge in [0.1, 0.15) is 17.1 Å². The summed E-state index contributed by atoms with van der Waals surface area (Å²) >= 11 is 0. The normalized spacial score (nSPS) is 15.3. The summed E-state index contributed by atoms with van der Waals surface area (Å²) in [5.41, 5.74) is 5.13. The Kier molecular flexibility index (Phi) is 8.57. The first-order valence-electron chi connectivity index (χ1n) is 14.5. The third-order valence-corrected chi connectivity index (χ3v) is 7.59. The van der Waals surface area contributed by atoms with Gasteiger partial charge in [-0.25, -0.2) is 4.79 Å². The summed E-state index contributed by atoms with van der Waals surface area (Å²) in [5, 5.41) is 0. The van der Waals surface area contributed by atoms with E-state index >= 15 is 0 Å². The fourth-order valence-electron chi connectivity index (χ4n) is 5.36. The molecule has 0 spiro atoms. The number of carbonyl (C=O) groups excluding carboxylic acids is 2. The molecule has 2 aliphatic rings. The minimum Gasteiger partial charge on any atom is -0.497 e. The molecule has 0 aromatic heterocycles. The Hall–Kier alpha value is -4.26. The number of rotatable bonds is 8. The second-order valence-corrected chi connectivity index (χ2v) is 11.9. The van der Waals surface area contributed by atoms with Crippen LogP contribution in [-0.2, 0) is 16.1 Å². The van der Waals surface area contributed by atoms with Crippen molar-refractivity contribution in [3.63, 3.8) is 0 Å². The number of methoxy groups -OCH3 is 2. The Labute approximate surface area is 248 Å². The lowest BCUT2D eigenvalue weighted by atomic mass is 9.90. The maximum Gasteiger partial charge on any atom is 0.410 e. The number of amides is 2. The van der Waals surface area contributed by atoms with E-state index in [1.807, 2.05) is 68.1 Å². The minimum atomic E-state index is -0.624. The van der Waals surface area contributed by atoms with Crippen molar-refractivity contribution in [1.29, 1.82) is 0 Å². The third kappa shape index (κ3) is 6.96. The van der Waals surface area contributed by atoms with Gasteiger partial charge in [0.05, 0.1) is 20.8 Å². The molecule has 3 aromatic carbocycles. The smallest absolute Gasteiger partial charge is 0.410 e. The number of hydrogen-bond donors (Lipinski definition) is 0. The van der Waals surface area contributed by atoms with E-state index < -0.39 is 11.7 Å². The predicted octanol–water partition coefficient (Wildman–Crippen LogP) is 6.96. The lowest BCUT2D eigenvalue weighted by Gasteiger charge is -2.34. The summed E-state index contributed by atoms with van der Waals surface area (Å²) in [6.07, 6.45) is 2.06. The van der Waals surface area contributed by atoms with Crippen molar-refractivity contribution in [2.24, 2.45) is 0 Å². The van der Waals surface area contributed by atoms with Crippen molar-refractivity contribution in [3.8, 4) is 22.6 Å². The molecule has 0 saturated heterocycles. The molecule has 7 nitrogen and oxygen atoms in total. The Morgan fingerprint density at radius 2 is 1.50 bits per heavy atom. The Morgan fingerprint density at radius 3 is 2.12 bits per heavy atom. The van der Waals surface area contributed by atoms with Gasteiger partial charge in [-0.2, -0.15) is 0 Å². The highest BCUT2D eigenvalue weighted by atomic mass is 16.6. The van der Waals surface area contributed by atoms with E-state index in [0.717, 1.165) is 40.7 Å². The van der Waals surface area contributed by atoms with E-state index in [1.54, 1.807) is 19.1 Å². The number of nitrogens with zero attached hydrogens (tertiary/aromatic N) is 2. The van der Waals surface area contributed by atoms with Crippen LogP contribution in [0.15, 0.2) is 78.4 Å². The van der Waals surface area contributed by atoms with Crippen molar-refractivity contribution >= 4 is 17.6 Å². The van der Waals surface area contributed by atoms with Crippen LogP contribution in [-0.4, -0.2) is 60.8 Å². The SMILES string of the molecule is COc1cc(CN(C(=O)C2=C(c3cccc(-c4ccccc4)c3)CCN(C(=O)OC(C)(C)C)C2)C2CC2)cc(OC)c1. The molecule has 1 saturated carbocycles. The van der Waals surface area contributed by atoms with Gasteiger partial charge in [0.25, 0.3) is 5.91 Å². The topological polar surface area (TPSA) is 68.3 Å². The summed E-state index contributed by atoms with van der Waals surface area (Å²) in [4.78, 5) is 31.3. The molecule has 42 heavy (non-hydrogen) atoms. The summed E-state index contributed by atoms with van der Waals surface area (Å²) < 4.78 is 16.7. The molecule has 3 aromatic rings. The van der Waals surface area contributed by atoms with E-state index in [2.05, 4.69) is 30.3 Å². The molecule has 5 rings (SSSR count). The number of carbonyl (C=O) groups is 2. The van der Waals surface area contributed by atoms with Gasteiger partial charge in [0.15, 0.2) is 0 Å². The van der Waals surface area contributed by atoms with Crippen LogP contribution < -0.4 is 9.47 Å². The standard InChI is InChI=1S/C35H40N2O5/c1-35(2,3)42-34(39)36-17-16-31(27-13-9-12-26(20-27)25-10-7-6-8-11-25)32(23-36)33(38)37(28-14-15-28)22-24-18-29(40-4)21-30(19-24)41-5/h6-13,18-21,28H,14-17,22-23H2,1-5H3. The zero-order valence-corrected chi connectivity index (χ0v) is 25.2. The zero-order chi connectivity index (χ0) is 29.9. The van der Waals surface area contributed by atoms with Crippen molar-refractivity contribution in [2.75, 3.05) is 27.3 Å². The monoisotopic (exact) mass is 568 g/mol. The number of benzene rings is 3. The van der Waals surface area contributed by atoms with Crippen LogP contribution in [0.5, 0.6) is 11.5 Å². The molecular weight excluding hydrogens is 528 g/mol. The van der Waals surface area contributed by atoms with E-state index in [0.29, 0.717) is 36.6 Å². The van der Waals surface area contributed by atoms with Gasteiger partial charge in [-0.05, 0) is 86.1 Å². The molecule has 7 heteroatoms. The van der Waals surface area contributed by atoms with Gasteiger partial charge >= 0.3 is 6.09 Å². The van der Waals surface area contributed by atoms with Gasteiger partial charge in [-0.1, -0.05) is 48.5 Å². The highest BCUT2D eigenvalue weighted by Gasteiger charge is 2.38. The van der Waals surface area contributed by atoms with Crippen molar-refractivity contribution in [1.82, 2.24) is 9.80 Å². The molecule has 1 aliphatic heterocycles. The van der Waals surface area contributed by atoms with Crippen LogP contribution in [0.25, 0.3) is 16.7 Å². The second kappa shape index (κ2) is 12.3. The van der Waals surface area contributed by atoms with Gasteiger partial charge in [0.2, 0.25) is 0 Å². The lowest BCUT2D eigenvalue weighted by Crippen LogP contribution is -2.44. The maximum atomic E-state index is 14.5. The highest BCUT2D eigenvalue weighted by Crippen LogP contribution is 2.36. The fraction of sp³-hybridized carbons (Fsp3) is 0.371. The van der Waals surface area contributed by atoms with Crippen LogP contribution in [0.4, 0.5) is 4.79 Å². The fourth-order valence-corrected chi connectivity index (χ4v) is 5.36. The van der Waals surface area contributed by atoms with E-state index in [1.165, 1.54) is 0 Å². The third-order valence-electron chi connectivity index (χ3n) is 7.59. The second-order valence-electron chi connectivity index (χ2n) is 11.9. The number of hydrogen-bond acceptors (Lipinski definition) is 5. The van der Waals surface area contributed by atoms with Crippen LogP contribution in [0, 0.1) is 0 Å². The van der Waals surface area contributed by atoms with Gasteiger partial charge < -0.3 is 24.0 Å².